The largest absolute Gasteiger partial charge is 0.468 e. The summed E-state index contributed by atoms with van der Waals surface area (Å²) in [7, 11) is 0. The second kappa shape index (κ2) is 15.7. The molecule has 0 spiro atoms. The van der Waals surface area contributed by atoms with Crippen LogP contribution in [0.2, 0.25) is 0 Å². The lowest BCUT2D eigenvalue weighted by Crippen LogP contribution is -2.41. The molecule has 5 nitrogen and oxygen atoms in total. The second-order valence-electron chi connectivity index (χ2n) is 8.27. The Morgan fingerprint density at radius 3 is 2.61 bits per heavy atom. The van der Waals surface area contributed by atoms with Gasteiger partial charge in [-0.25, -0.2) is 0 Å². The van der Waals surface area contributed by atoms with Crippen molar-refractivity contribution in [2.24, 2.45) is 0 Å². The number of Topliss-reactive ketones (excluding diaryl/α,β-unsaturated/α-hetero) is 1. The van der Waals surface area contributed by atoms with Crippen LogP contribution >= 0.6 is 24.0 Å². The van der Waals surface area contributed by atoms with Crippen LogP contribution in [-0.4, -0.2) is 35.0 Å². The molecule has 1 atom stereocenters. The summed E-state index contributed by atoms with van der Waals surface area (Å²) in [4.78, 5) is 25.9. The molecule has 0 saturated heterocycles. The Balaban J connectivity index is 1.62. The molecule has 7 heteroatoms. The summed E-state index contributed by atoms with van der Waals surface area (Å²) in [5.74, 6) is 1.91. The van der Waals surface area contributed by atoms with E-state index in [1.165, 1.54) is 22.9 Å². The monoisotopic (exact) mass is 488 g/mol. The van der Waals surface area contributed by atoms with E-state index in [9.17, 15) is 9.59 Å². The average Bonchev–Trinajstić information content (AvgIpc) is 3.31. The van der Waals surface area contributed by atoms with E-state index in [-0.39, 0.29) is 11.7 Å². The van der Waals surface area contributed by atoms with E-state index < -0.39 is 6.04 Å². The molecule has 1 heterocycles. The number of nitrogens with one attached hydrogen (secondary N) is 2. The van der Waals surface area contributed by atoms with Crippen molar-refractivity contribution in [2.75, 3.05) is 12.3 Å². The van der Waals surface area contributed by atoms with E-state index in [1.807, 2.05) is 12.1 Å². The highest BCUT2D eigenvalue weighted by Gasteiger charge is 2.20. The van der Waals surface area contributed by atoms with Gasteiger partial charge in [0.05, 0.1) is 28.8 Å². The van der Waals surface area contributed by atoms with Gasteiger partial charge in [-0.3, -0.25) is 9.59 Å². The van der Waals surface area contributed by atoms with E-state index in [0.717, 1.165) is 49.4 Å². The summed E-state index contributed by atoms with van der Waals surface area (Å²) in [5, 5.41) is 6.24. The molecule has 33 heavy (non-hydrogen) atoms. The Morgan fingerprint density at radius 2 is 1.91 bits per heavy atom. The third-order valence-electron chi connectivity index (χ3n) is 5.28. The van der Waals surface area contributed by atoms with Gasteiger partial charge in [-0.05, 0) is 43.9 Å². The van der Waals surface area contributed by atoms with Gasteiger partial charge in [0, 0.05) is 19.4 Å². The molecule has 0 bridgehead atoms. The van der Waals surface area contributed by atoms with Gasteiger partial charge in [0.15, 0.2) is 5.78 Å². The number of benzene rings is 1. The molecule has 0 aliphatic carbocycles. The summed E-state index contributed by atoms with van der Waals surface area (Å²) in [5.41, 5.74) is 2.43. The van der Waals surface area contributed by atoms with Gasteiger partial charge in [-0.2, -0.15) is 0 Å². The van der Waals surface area contributed by atoms with Crippen molar-refractivity contribution in [3.8, 4) is 0 Å². The van der Waals surface area contributed by atoms with Gasteiger partial charge < -0.3 is 15.1 Å². The molecule has 1 amide bonds. The molecule has 0 unspecified atom stereocenters. The maximum Gasteiger partial charge on any atom is 0.220 e. The van der Waals surface area contributed by atoms with E-state index in [0.29, 0.717) is 24.3 Å². The minimum atomic E-state index is -0.401. The fourth-order valence-electron chi connectivity index (χ4n) is 3.33. The van der Waals surface area contributed by atoms with Crippen LogP contribution in [0.25, 0.3) is 0 Å². The number of rotatable bonds is 16. The Morgan fingerprint density at radius 1 is 1.12 bits per heavy atom. The molecule has 0 aliphatic rings. The van der Waals surface area contributed by atoms with Crippen molar-refractivity contribution in [3.05, 3.63) is 59.5 Å². The number of furan rings is 1. The molecule has 2 N–H and O–H groups in total. The van der Waals surface area contributed by atoms with Crippen molar-refractivity contribution >= 4 is 40.7 Å². The van der Waals surface area contributed by atoms with Gasteiger partial charge in [0.25, 0.3) is 0 Å². The predicted molar refractivity (Wildman–Crippen MR) is 141 cm³/mol. The van der Waals surface area contributed by atoms with Crippen LogP contribution in [0.15, 0.2) is 47.1 Å². The number of thioether (sulfide) groups is 1. The van der Waals surface area contributed by atoms with Crippen molar-refractivity contribution in [3.63, 3.8) is 0 Å². The first-order valence-electron chi connectivity index (χ1n) is 11.7. The molecule has 1 aromatic heterocycles. The zero-order chi connectivity index (χ0) is 23.9. The van der Waals surface area contributed by atoms with Gasteiger partial charge in [0.2, 0.25) is 5.91 Å². The number of unbranched alkanes of at least 4 members (excludes halogenated alkanes) is 2. The smallest absolute Gasteiger partial charge is 0.220 e. The topological polar surface area (TPSA) is 71.3 Å². The van der Waals surface area contributed by atoms with Crippen LogP contribution in [0, 0.1) is 6.92 Å². The van der Waals surface area contributed by atoms with Crippen LogP contribution < -0.4 is 10.6 Å². The molecule has 0 fully saturated rings. The highest BCUT2D eigenvalue weighted by atomic mass is 32.2. The number of thiocarbonyl (C=S) groups is 1. The van der Waals surface area contributed by atoms with Gasteiger partial charge >= 0.3 is 0 Å². The number of aryl methyl sites for hydroxylation is 1. The van der Waals surface area contributed by atoms with Crippen LogP contribution in [0.5, 0.6) is 0 Å². The normalized spacial score (nSPS) is 11.7. The standard InChI is InChI=1S/C26H36N2O3S2/c1-3-4-9-23(24(29)19-33-18-22-8-7-16-31-22)28-25(30)10-5-6-15-27-26(32)17-21-13-11-20(2)12-14-21/h7-8,11-14,16,23H,3-6,9-10,15,17-19H2,1-2H3,(H,27,32)(H,28,30)/t23-/m0/s1. The maximum atomic E-state index is 12.6. The lowest BCUT2D eigenvalue weighted by atomic mass is 10.1. The second-order valence-corrected chi connectivity index (χ2v) is 9.75. The maximum absolute atomic E-state index is 12.6. The Kier molecular flexibility index (Phi) is 12.9. The first-order chi connectivity index (χ1) is 16.0. The number of hydrogen-bond donors (Lipinski definition) is 2. The molecular weight excluding hydrogens is 452 g/mol. The van der Waals surface area contributed by atoms with Crippen molar-refractivity contribution in [1.82, 2.24) is 10.6 Å². The van der Waals surface area contributed by atoms with Crippen molar-refractivity contribution < 1.29 is 14.0 Å². The van der Waals surface area contributed by atoms with E-state index in [1.54, 1.807) is 6.26 Å². The molecule has 0 radical (unpaired) electrons. The molecule has 1 aromatic carbocycles. The Labute approximate surface area is 207 Å². The number of carbonyl (C=O) groups excluding carboxylic acids is 2. The lowest BCUT2D eigenvalue weighted by Gasteiger charge is -2.17. The average molecular weight is 489 g/mol. The molecule has 180 valence electrons. The van der Waals surface area contributed by atoms with Gasteiger partial charge in [-0.15, -0.1) is 11.8 Å². The number of ketones is 1. The number of carbonyl (C=O) groups is 2. The molecule has 0 aliphatic heterocycles. The number of amides is 1. The molecule has 2 aromatic rings. The van der Waals surface area contributed by atoms with Gasteiger partial charge in [0.1, 0.15) is 5.76 Å². The highest BCUT2D eigenvalue weighted by molar-refractivity contribution is 7.99. The fraction of sp³-hybridized carbons (Fsp3) is 0.500. The van der Waals surface area contributed by atoms with E-state index >= 15 is 0 Å². The zero-order valence-electron chi connectivity index (χ0n) is 19.7. The molecule has 2 rings (SSSR count). The molecule has 0 saturated carbocycles. The SMILES string of the molecule is CCCC[C@H](NC(=O)CCCCNC(=S)Cc1ccc(C)cc1)C(=O)CSCc1ccco1. The van der Waals surface area contributed by atoms with Crippen LogP contribution in [0.3, 0.4) is 0 Å². The van der Waals surface area contributed by atoms with Gasteiger partial charge in [-0.1, -0.05) is 61.8 Å². The predicted octanol–water partition coefficient (Wildman–Crippen LogP) is 5.40. The third kappa shape index (κ3) is 11.5. The quantitative estimate of drug-likeness (QED) is 0.244. The minimum absolute atomic E-state index is 0.0530. The van der Waals surface area contributed by atoms with Crippen molar-refractivity contribution in [1.29, 1.82) is 0 Å². The lowest BCUT2D eigenvalue weighted by molar-refractivity contribution is -0.126. The summed E-state index contributed by atoms with van der Waals surface area (Å²) in [6, 6.07) is 11.7. The Hall–Kier alpha value is -2.12. The van der Waals surface area contributed by atoms with Crippen LogP contribution in [0.1, 0.15) is 62.3 Å². The zero-order valence-corrected chi connectivity index (χ0v) is 21.4. The first kappa shape index (κ1) is 27.1. The summed E-state index contributed by atoms with van der Waals surface area (Å²) in [6.45, 7) is 4.91. The summed E-state index contributed by atoms with van der Waals surface area (Å²) < 4.78 is 5.30. The summed E-state index contributed by atoms with van der Waals surface area (Å²) >= 11 is 6.94. The minimum Gasteiger partial charge on any atom is -0.468 e. The summed E-state index contributed by atoms with van der Waals surface area (Å²) in [6.07, 6.45) is 7.00. The Bertz CT molecular complexity index is 851. The van der Waals surface area contributed by atoms with E-state index in [4.69, 9.17) is 16.6 Å². The van der Waals surface area contributed by atoms with Crippen molar-refractivity contribution in [2.45, 2.75) is 70.6 Å². The van der Waals surface area contributed by atoms with Crippen LogP contribution in [0.4, 0.5) is 0 Å². The van der Waals surface area contributed by atoms with E-state index in [2.05, 4.69) is 48.7 Å². The first-order valence-corrected chi connectivity index (χ1v) is 13.3. The van der Waals surface area contributed by atoms with Crippen LogP contribution in [-0.2, 0) is 21.8 Å². The number of hydrogen-bond acceptors (Lipinski definition) is 5. The third-order valence-corrected chi connectivity index (χ3v) is 6.54. The highest BCUT2D eigenvalue weighted by Crippen LogP contribution is 2.14. The molecular formula is C26H36N2O3S2. The fourth-order valence-corrected chi connectivity index (χ4v) is 4.47.